The zero-order valence-electron chi connectivity index (χ0n) is 19.5. The maximum Gasteiger partial charge on any atom is 0.414 e. The molecule has 10 heteroatoms. The molecule has 0 saturated carbocycles. The van der Waals surface area contributed by atoms with Crippen LogP contribution in [0.2, 0.25) is 0 Å². The van der Waals surface area contributed by atoms with Gasteiger partial charge in [-0.2, -0.15) is 10.4 Å². The van der Waals surface area contributed by atoms with E-state index in [4.69, 9.17) is 14.7 Å². The van der Waals surface area contributed by atoms with E-state index < -0.39 is 17.7 Å². The van der Waals surface area contributed by atoms with E-state index in [1.54, 1.807) is 38.4 Å². The highest BCUT2D eigenvalue weighted by Crippen LogP contribution is 2.34. The van der Waals surface area contributed by atoms with Gasteiger partial charge in [-0.25, -0.2) is 9.78 Å². The van der Waals surface area contributed by atoms with Crippen molar-refractivity contribution >= 4 is 23.4 Å². The first-order valence-corrected chi connectivity index (χ1v) is 10.2. The lowest BCUT2D eigenvalue weighted by Crippen LogP contribution is -2.36. The van der Waals surface area contributed by atoms with Crippen LogP contribution in [0.5, 0.6) is 17.4 Å². The second kappa shape index (κ2) is 11.5. The highest BCUT2D eigenvalue weighted by molar-refractivity contribution is 6.46. The smallest absolute Gasteiger partial charge is 0.414 e. The summed E-state index contributed by atoms with van der Waals surface area (Å²) < 4.78 is 16.0. The molecule has 0 atom stereocenters. The number of benzene rings is 1. The molecule has 1 heterocycles. The van der Waals surface area contributed by atoms with Crippen LogP contribution in [0.15, 0.2) is 29.5 Å². The van der Waals surface area contributed by atoms with E-state index in [2.05, 4.69) is 20.2 Å². The van der Waals surface area contributed by atoms with E-state index in [0.29, 0.717) is 23.1 Å². The van der Waals surface area contributed by atoms with Gasteiger partial charge in [0.05, 0.1) is 25.6 Å². The molecule has 1 aromatic carbocycles. The third-order valence-corrected chi connectivity index (χ3v) is 4.46. The Morgan fingerprint density at radius 1 is 1.21 bits per heavy atom. The molecule has 0 aliphatic heterocycles. The first-order chi connectivity index (χ1) is 15.7. The number of aryl methyl sites for hydroxylation is 2. The lowest BCUT2D eigenvalue weighted by atomic mass is 10.0. The van der Waals surface area contributed by atoms with E-state index in [-0.39, 0.29) is 12.5 Å². The Bertz CT molecular complexity index is 1080. The van der Waals surface area contributed by atoms with E-state index in [1.807, 2.05) is 39.1 Å². The highest BCUT2D eigenvalue weighted by Gasteiger charge is 2.16. The Kier molecular flexibility index (Phi) is 8.74. The number of carbonyl (C=O) groups is 2. The van der Waals surface area contributed by atoms with Crippen LogP contribution < -0.4 is 20.2 Å². The van der Waals surface area contributed by atoms with Gasteiger partial charge in [-0.15, -0.1) is 0 Å². The van der Waals surface area contributed by atoms with E-state index >= 15 is 0 Å². The summed E-state index contributed by atoms with van der Waals surface area (Å²) in [5.41, 5.74) is 5.19. The Hall–Kier alpha value is -4.13. The van der Waals surface area contributed by atoms with Crippen molar-refractivity contribution in [3.8, 4) is 23.4 Å². The van der Waals surface area contributed by atoms with E-state index in [0.717, 1.165) is 16.7 Å². The molecule has 0 fully saturated rings. The number of imide groups is 1. The van der Waals surface area contributed by atoms with Crippen LogP contribution in [0.4, 0.5) is 10.5 Å². The summed E-state index contributed by atoms with van der Waals surface area (Å²) in [6.07, 6.45) is 0.647. The fourth-order valence-electron chi connectivity index (χ4n) is 2.95. The third-order valence-electron chi connectivity index (χ3n) is 4.46. The Morgan fingerprint density at radius 3 is 2.42 bits per heavy atom. The predicted molar refractivity (Wildman–Crippen MR) is 123 cm³/mol. The number of aromatic nitrogens is 1. The van der Waals surface area contributed by atoms with Crippen LogP contribution in [0.25, 0.3) is 0 Å². The molecule has 2 amide bonds. The van der Waals surface area contributed by atoms with Gasteiger partial charge < -0.3 is 14.2 Å². The molecule has 0 bridgehead atoms. The van der Waals surface area contributed by atoms with Crippen LogP contribution in [-0.4, -0.2) is 36.4 Å². The van der Waals surface area contributed by atoms with E-state index in [9.17, 15) is 9.59 Å². The molecule has 0 aliphatic carbocycles. The lowest BCUT2D eigenvalue weighted by molar-refractivity contribution is -0.114. The largest absolute Gasteiger partial charge is 0.481 e. The normalized spacial score (nSPS) is 10.9. The molecule has 0 saturated heterocycles. The molecule has 33 heavy (non-hydrogen) atoms. The van der Waals surface area contributed by atoms with Gasteiger partial charge in [0.25, 0.3) is 5.91 Å². The maximum absolute atomic E-state index is 12.0. The number of methoxy groups -OCH3 is 1. The van der Waals surface area contributed by atoms with Gasteiger partial charge in [-0.05, 0) is 56.0 Å². The van der Waals surface area contributed by atoms with Crippen molar-refractivity contribution < 1.29 is 23.8 Å². The summed E-state index contributed by atoms with van der Waals surface area (Å²) in [5, 5.41) is 14.9. The number of hydrogen-bond acceptors (Lipinski definition) is 9. The van der Waals surface area contributed by atoms with Crippen molar-refractivity contribution in [2.24, 2.45) is 5.10 Å². The van der Waals surface area contributed by atoms with Gasteiger partial charge in [0.2, 0.25) is 11.6 Å². The number of nitrogens with zero attached hydrogens (tertiary/aromatic N) is 3. The van der Waals surface area contributed by atoms with Gasteiger partial charge in [0.1, 0.15) is 17.6 Å². The average Bonchev–Trinajstić information content (AvgIpc) is 2.76. The zero-order chi connectivity index (χ0) is 24.5. The van der Waals surface area contributed by atoms with Crippen molar-refractivity contribution in [1.82, 2.24) is 10.3 Å². The number of nitriles is 1. The molecule has 1 aromatic heterocycles. The fraction of sp³-hybridized carbons (Fsp3) is 0.348. The Balaban J connectivity index is 2.21. The number of nitrogens with one attached hydrogen (secondary N) is 2. The van der Waals surface area contributed by atoms with E-state index in [1.165, 1.54) is 0 Å². The number of anilines is 1. The van der Waals surface area contributed by atoms with Gasteiger partial charge in [0.15, 0.2) is 0 Å². The van der Waals surface area contributed by atoms with Crippen LogP contribution in [0.1, 0.15) is 43.4 Å². The first-order valence-electron chi connectivity index (χ1n) is 10.2. The van der Waals surface area contributed by atoms with Crippen LogP contribution in [-0.2, 0) is 9.53 Å². The third kappa shape index (κ3) is 6.67. The van der Waals surface area contributed by atoms with Crippen LogP contribution in [0.3, 0.4) is 0 Å². The fourth-order valence-corrected chi connectivity index (χ4v) is 2.95. The monoisotopic (exact) mass is 453 g/mol. The second-order valence-corrected chi connectivity index (χ2v) is 7.32. The average molecular weight is 453 g/mol. The maximum atomic E-state index is 12.0. The minimum atomic E-state index is -0.968. The summed E-state index contributed by atoms with van der Waals surface area (Å²) >= 11 is 0. The molecule has 174 valence electrons. The zero-order valence-corrected chi connectivity index (χ0v) is 19.5. The first kappa shape index (κ1) is 25.1. The minimum Gasteiger partial charge on any atom is -0.481 e. The lowest BCUT2D eigenvalue weighted by Gasteiger charge is -2.16. The molecular formula is C23H27N5O5. The van der Waals surface area contributed by atoms with Crippen LogP contribution >= 0.6 is 0 Å². The molecule has 2 rings (SSSR count). The number of rotatable bonds is 8. The van der Waals surface area contributed by atoms with Crippen molar-refractivity contribution in [1.29, 1.82) is 5.26 Å². The summed E-state index contributed by atoms with van der Waals surface area (Å²) in [7, 11) is 1.58. The molecule has 2 N–H and O–H groups in total. The summed E-state index contributed by atoms with van der Waals surface area (Å²) in [4.78, 5) is 27.6. The van der Waals surface area contributed by atoms with Gasteiger partial charge >= 0.3 is 6.09 Å². The number of hydrogen-bond donors (Lipinski definition) is 2. The minimum absolute atomic E-state index is 0.0920. The molecule has 0 aliphatic rings. The Morgan fingerprint density at radius 2 is 1.88 bits per heavy atom. The predicted octanol–water partition coefficient (Wildman–Crippen LogP) is 4.19. The molecule has 0 spiro atoms. The number of alkyl carbamates (subject to hydrolysis) is 1. The summed E-state index contributed by atoms with van der Waals surface area (Å²) in [5.74, 6) is 1.02. The Labute approximate surface area is 192 Å². The number of amides is 2. The standard InChI is InChI=1S/C23H27N5O5/c1-7-32-23(30)26-21(29)19(11-24)28-27-16-8-14(4)20(15(5)9-16)33-17-10-18(13(2)3)22(31-6)25-12-17/h8-10,12-13,27H,7H2,1-6H3,(H,26,29,30). The number of carbonyl (C=O) groups excluding carboxylic acids is 2. The van der Waals surface area contributed by atoms with Crippen molar-refractivity contribution in [2.75, 3.05) is 19.1 Å². The summed E-state index contributed by atoms with van der Waals surface area (Å²) in [6, 6.07) is 7.05. The topological polar surface area (TPSA) is 135 Å². The second-order valence-electron chi connectivity index (χ2n) is 7.32. The number of pyridine rings is 1. The van der Waals surface area contributed by atoms with Crippen LogP contribution in [0, 0.1) is 25.2 Å². The van der Waals surface area contributed by atoms with Gasteiger partial charge in [0, 0.05) is 5.56 Å². The van der Waals surface area contributed by atoms with Crippen molar-refractivity contribution in [2.45, 2.75) is 40.5 Å². The van der Waals surface area contributed by atoms with Crippen molar-refractivity contribution in [3.63, 3.8) is 0 Å². The molecular weight excluding hydrogens is 426 g/mol. The van der Waals surface area contributed by atoms with Gasteiger partial charge in [-0.3, -0.25) is 15.5 Å². The van der Waals surface area contributed by atoms with Crippen molar-refractivity contribution in [3.05, 3.63) is 41.1 Å². The molecule has 10 nitrogen and oxygen atoms in total. The molecule has 0 radical (unpaired) electrons. The SMILES string of the molecule is CCOC(=O)NC(=O)C(C#N)=NNc1cc(C)c(Oc2cnc(OC)c(C(C)C)c2)c(C)c1. The number of hydrazone groups is 1. The highest BCUT2D eigenvalue weighted by atomic mass is 16.5. The molecule has 0 unspecified atom stereocenters. The quantitative estimate of drug-likeness (QED) is 0.449. The number of ether oxygens (including phenoxy) is 3. The molecule has 2 aromatic rings. The summed E-state index contributed by atoms with van der Waals surface area (Å²) in [6.45, 7) is 9.49. The van der Waals surface area contributed by atoms with Gasteiger partial charge in [-0.1, -0.05) is 13.8 Å².